The maximum absolute atomic E-state index is 12.0. The van der Waals surface area contributed by atoms with Crippen molar-refractivity contribution in [2.24, 2.45) is 0 Å². The molecule has 1 heterocycles. The van der Waals surface area contributed by atoms with Crippen molar-refractivity contribution in [2.75, 3.05) is 17.7 Å². The second-order valence-electron chi connectivity index (χ2n) is 4.01. The van der Waals surface area contributed by atoms with Crippen molar-refractivity contribution in [1.82, 2.24) is 4.98 Å². The molecule has 0 saturated carbocycles. The topological polar surface area (TPSA) is 77.2 Å². The van der Waals surface area contributed by atoms with Gasteiger partial charge in [0.1, 0.15) is 16.7 Å². The second-order valence-corrected chi connectivity index (χ2v) is 4.40. The van der Waals surface area contributed by atoms with Gasteiger partial charge in [0.2, 0.25) is 0 Å². The van der Waals surface area contributed by atoms with E-state index in [1.54, 1.807) is 24.3 Å². The number of nitrogens with one attached hydrogen (secondary N) is 1. The van der Waals surface area contributed by atoms with Crippen LogP contribution in [0.2, 0.25) is 5.15 Å². The minimum Gasteiger partial charge on any atom is -0.494 e. The van der Waals surface area contributed by atoms with Crippen LogP contribution >= 0.6 is 11.6 Å². The van der Waals surface area contributed by atoms with Crippen LogP contribution < -0.4 is 15.8 Å². The van der Waals surface area contributed by atoms with Gasteiger partial charge in [0, 0.05) is 11.3 Å². The minimum atomic E-state index is -0.301. The van der Waals surface area contributed by atoms with E-state index in [-0.39, 0.29) is 16.9 Å². The third-order valence-corrected chi connectivity index (χ3v) is 2.69. The molecule has 6 heteroatoms. The van der Waals surface area contributed by atoms with Gasteiger partial charge in [-0.15, -0.1) is 0 Å². The molecule has 3 N–H and O–H groups in total. The second kappa shape index (κ2) is 6.25. The Kier molecular flexibility index (Phi) is 4.42. The van der Waals surface area contributed by atoms with Gasteiger partial charge in [-0.3, -0.25) is 4.79 Å². The fourth-order valence-electron chi connectivity index (χ4n) is 1.65. The largest absolute Gasteiger partial charge is 0.494 e. The first-order chi connectivity index (χ1) is 9.58. The number of nitrogen functional groups attached to an aromatic ring is 1. The first-order valence-electron chi connectivity index (χ1n) is 6.05. The van der Waals surface area contributed by atoms with E-state index in [4.69, 9.17) is 22.1 Å². The predicted octanol–water partition coefficient (Wildman–Crippen LogP) is 2.97. The average Bonchev–Trinajstić information content (AvgIpc) is 2.40. The smallest absolute Gasteiger partial charge is 0.255 e. The molecule has 2 rings (SSSR count). The van der Waals surface area contributed by atoms with Gasteiger partial charge in [-0.25, -0.2) is 4.98 Å². The number of ether oxygens (including phenoxy) is 1. The van der Waals surface area contributed by atoms with Crippen molar-refractivity contribution in [1.29, 1.82) is 0 Å². The molecule has 0 aliphatic rings. The van der Waals surface area contributed by atoms with Crippen LogP contribution in [0.4, 0.5) is 11.5 Å². The van der Waals surface area contributed by atoms with Crippen LogP contribution in [-0.4, -0.2) is 17.5 Å². The zero-order valence-electron chi connectivity index (χ0n) is 10.9. The van der Waals surface area contributed by atoms with Gasteiger partial charge in [0.15, 0.2) is 0 Å². The van der Waals surface area contributed by atoms with Crippen molar-refractivity contribution in [3.63, 3.8) is 0 Å². The fraction of sp³-hybridized carbons (Fsp3) is 0.143. The highest BCUT2D eigenvalue weighted by molar-refractivity contribution is 6.30. The molecule has 1 amide bonds. The quantitative estimate of drug-likeness (QED) is 0.849. The summed E-state index contributed by atoms with van der Waals surface area (Å²) in [7, 11) is 0. The zero-order chi connectivity index (χ0) is 14.5. The van der Waals surface area contributed by atoms with Crippen molar-refractivity contribution in [2.45, 2.75) is 6.92 Å². The zero-order valence-corrected chi connectivity index (χ0v) is 11.6. The summed E-state index contributed by atoms with van der Waals surface area (Å²) in [5.41, 5.74) is 6.57. The highest BCUT2D eigenvalue weighted by atomic mass is 35.5. The van der Waals surface area contributed by atoms with Gasteiger partial charge in [-0.2, -0.15) is 0 Å². The summed E-state index contributed by atoms with van der Waals surface area (Å²) in [5, 5.41) is 2.93. The average molecular weight is 292 g/mol. The molecule has 2 aromatic rings. The maximum atomic E-state index is 12.0. The first kappa shape index (κ1) is 14.1. The number of carbonyl (C=O) groups excluding carboxylic acids is 1. The number of hydrogen-bond acceptors (Lipinski definition) is 4. The van der Waals surface area contributed by atoms with E-state index in [1.807, 2.05) is 6.92 Å². The van der Waals surface area contributed by atoms with Crippen LogP contribution in [0.3, 0.4) is 0 Å². The number of nitrogens with two attached hydrogens (primary N) is 1. The number of pyridine rings is 1. The van der Waals surface area contributed by atoms with Gasteiger partial charge in [0.05, 0.1) is 6.61 Å². The Labute approximate surface area is 121 Å². The Morgan fingerprint density at radius 1 is 1.35 bits per heavy atom. The number of benzene rings is 1. The van der Waals surface area contributed by atoms with E-state index in [9.17, 15) is 4.79 Å². The summed E-state index contributed by atoms with van der Waals surface area (Å²) in [4.78, 5) is 15.8. The third kappa shape index (κ3) is 3.61. The standard InChI is InChI=1S/C14H14ClN3O2/c1-2-20-11-5-3-10(4-6-11)17-14(19)9-7-12(15)18-13(16)8-9/h3-8H,2H2,1H3,(H2,16,18)(H,17,19). The molecular weight excluding hydrogens is 278 g/mol. The number of nitrogens with zero attached hydrogens (tertiary/aromatic N) is 1. The molecule has 0 spiro atoms. The van der Waals surface area contributed by atoms with Crippen LogP contribution in [0.1, 0.15) is 17.3 Å². The number of aromatic nitrogens is 1. The van der Waals surface area contributed by atoms with Crippen LogP contribution in [0, 0.1) is 0 Å². The van der Waals surface area contributed by atoms with Gasteiger partial charge in [-0.05, 0) is 43.3 Å². The molecule has 1 aromatic carbocycles. The molecule has 0 saturated heterocycles. The van der Waals surface area contributed by atoms with Crippen LogP contribution in [0.5, 0.6) is 5.75 Å². The lowest BCUT2D eigenvalue weighted by Gasteiger charge is -2.07. The SMILES string of the molecule is CCOc1ccc(NC(=O)c2cc(N)nc(Cl)c2)cc1. The summed E-state index contributed by atoms with van der Waals surface area (Å²) in [6.07, 6.45) is 0. The highest BCUT2D eigenvalue weighted by Crippen LogP contribution is 2.18. The molecule has 0 aliphatic heterocycles. The highest BCUT2D eigenvalue weighted by Gasteiger charge is 2.08. The monoisotopic (exact) mass is 291 g/mol. The van der Waals surface area contributed by atoms with E-state index in [1.165, 1.54) is 12.1 Å². The maximum Gasteiger partial charge on any atom is 0.255 e. The minimum absolute atomic E-state index is 0.182. The number of anilines is 2. The lowest BCUT2D eigenvalue weighted by Crippen LogP contribution is -2.12. The Balaban J connectivity index is 2.10. The van der Waals surface area contributed by atoms with E-state index in [2.05, 4.69) is 10.3 Å². The Hall–Kier alpha value is -2.27. The van der Waals surface area contributed by atoms with Crippen LogP contribution in [0.15, 0.2) is 36.4 Å². The number of carbonyl (C=O) groups is 1. The Morgan fingerprint density at radius 2 is 2.05 bits per heavy atom. The summed E-state index contributed by atoms with van der Waals surface area (Å²) in [5.74, 6) is 0.654. The van der Waals surface area contributed by atoms with Crippen LogP contribution in [-0.2, 0) is 0 Å². The number of halogens is 1. The Bertz CT molecular complexity index is 594. The molecule has 0 fully saturated rings. The van der Waals surface area contributed by atoms with Gasteiger partial charge in [0.25, 0.3) is 5.91 Å². The number of amides is 1. The summed E-state index contributed by atoms with van der Waals surface area (Å²) in [6.45, 7) is 2.51. The molecular formula is C14H14ClN3O2. The molecule has 0 atom stereocenters. The van der Waals surface area contributed by atoms with E-state index in [0.29, 0.717) is 17.9 Å². The number of hydrogen-bond donors (Lipinski definition) is 2. The van der Waals surface area contributed by atoms with E-state index in [0.717, 1.165) is 5.75 Å². The van der Waals surface area contributed by atoms with Gasteiger partial charge < -0.3 is 15.8 Å². The normalized spacial score (nSPS) is 10.1. The molecule has 104 valence electrons. The fourth-order valence-corrected chi connectivity index (χ4v) is 1.87. The molecule has 0 bridgehead atoms. The van der Waals surface area contributed by atoms with Crippen molar-refractivity contribution >= 4 is 29.0 Å². The number of rotatable bonds is 4. The first-order valence-corrected chi connectivity index (χ1v) is 6.43. The van der Waals surface area contributed by atoms with Gasteiger partial charge in [-0.1, -0.05) is 11.6 Å². The summed E-state index contributed by atoms with van der Waals surface area (Å²) >= 11 is 5.77. The molecule has 0 unspecified atom stereocenters. The third-order valence-electron chi connectivity index (χ3n) is 2.50. The van der Waals surface area contributed by atoms with E-state index < -0.39 is 0 Å². The predicted molar refractivity (Wildman–Crippen MR) is 79.2 cm³/mol. The summed E-state index contributed by atoms with van der Waals surface area (Å²) in [6, 6.07) is 10.0. The van der Waals surface area contributed by atoms with Gasteiger partial charge >= 0.3 is 0 Å². The molecule has 5 nitrogen and oxygen atoms in total. The van der Waals surface area contributed by atoms with Crippen LogP contribution in [0.25, 0.3) is 0 Å². The lowest BCUT2D eigenvalue weighted by molar-refractivity contribution is 0.102. The Morgan fingerprint density at radius 3 is 2.65 bits per heavy atom. The molecule has 0 radical (unpaired) electrons. The van der Waals surface area contributed by atoms with Crippen molar-refractivity contribution < 1.29 is 9.53 Å². The van der Waals surface area contributed by atoms with Crippen molar-refractivity contribution in [3.8, 4) is 5.75 Å². The molecule has 20 heavy (non-hydrogen) atoms. The molecule has 1 aromatic heterocycles. The lowest BCUT2D eigenvalue weighted by atomic mass is 10.2. The van der Waals surface area contributed by atoms with E-state index >= 15 is 0 Å². The van der Waals surface area contributed by atoms with Crippen molar-refractivity contribution in [3.05, 3.63) is 47.1 Å². The molecule has 0 aliphatic carbocycles. The summed E-state index contributed by atoms with van der Waals surface area (Å²) < 4.78 is 5.33.